The molecule has 6 heteroatoms. The molecule has 120 valence electrons. The summed E-state index contributed by atoms with van der Waals surface area (Å²) in [7, 11) is 0. The van der Waals surface area contributed by atoms with Crippen LogP contribution in [0.25, 0.3) is 0 Å². The fraction of sp³-hybridized carbons (Fsp3) is 0.500. The number of aliphatic imine (C=N–C) groups is 1. The molecule has 2 N–H and O–H groups in total. The van der Waals surface area contributed by atoms with Crippen LogP contribution in [0.5, 0.6) is 0 Å². The Balaban J connectivity index is 1.92. The molecular formula is C16H24N4S2. The van der Waals surface area contributed by atoms with E-state index in [1.807, 2.05) is 24.5 Å². The highest BCUT2D eigenvalue weighted by Gasteiger charge is 2.08. The van der Waals surface area contributed by atoms with Crippen molar-refractivity contribution < 1.29 is 0 Å². The second-order valence-corrected chi connectivity index (χ2v) is 7.99. The average molecular weight is 337 g/mol. The number of thiophene rings is 1. The van der Waals surface area contributed by atoms with Crippen LogP contribution < -0.4 is 10.6 Å². The van der Waals surface area contributed by atoms with Crippen LogP contribution in [-0.2, 0) is 13.0 Å². The number of hydrogen-bond donors (Lipinski definition) is 2. The summed E-state index contributed by atoms with van der Waals surface area (Å²) in [4.78, 5) is 12.9. The molecule has 4 nitrogen and oxygen atoms in total. The lowest BCUT2D eigenvalue weighted by Crippen LogP contribution is -2.43. The second kappa shape index (κ2) is 8.29. The molecule has 0 aliphatic rings. The van der Waals surface area contributed by atoms with Gasteiger partial charge in [0.1, 0.15) is 0 Å². The van der Waals surface area contributed by atoms with Crippen molar-refractivity contribution in [2.24, 2.45) is 4.99 Å². The van der Waals surface area contributed by atoms with Crippen molar-refractivity contribution in [2.75, 3.05) is 6.54 Å². The molecule has 0 saturated carbocycles. The third-order valence-electron chi connectivity index (χ3n) is 3.09. The zero-order valence-electron chi connectivity index (χ0n) is 13.6. The van der Waals surface area contributed by atoms with Crippen LogP contribution in [0.1, 0.15) is 33.5 Å². The molecule has 0 fully saturated rings. The van der Waals surface area contributed by atoms with Gasteiger partial charge < -0.3 is 10.6 Å². The normalized spacial score (nSPS) is 13.2. The molecule has 1 unspecified atom stereocenters. The molecule has 0 amide bonds. The predicted octanol–water partition coefficient (Wildman–Crippen LogP) is 3.51. The monoisotopic (exact) mass is 336 g/mol. The van der Waals surface area contributed by atoms with Crippen LogP contribution >= 0.6 is 22.7 Å². The Bertz CT molecular complexity index is 615. The van der Waals surface area contributed by atoms with Crippen LogP contribution in [0.15, 0.2) is 23.3 Å². The van der Waals surface area contributed by atoms with Crippen LogP contribution in [0.2, 0.25) is 0 Å². The Morgan fingerprint density at radius 1 is 1.27 bits per heavy atom. The quantitative estimate of drug-likeness (QED) is 0.627. The molecule has 2 aromatic heterocycles. The van der Waals surface area contributed by atoms with E-state index in [0.717, 1.165) is 23.9 Å². The Morgan fingerprint density at radius 3 is 2.68 bits per heavy atom. The maximum atomic E-state index is 4.65. The van der Waals surface area contributed by atoms with E-state index in [1.54, 1.807) is 11.3 Å². The minimum atomic E-state index is 0.346. The summed E-state index contributed by atoms with van der Waals surface area (Å²) in [5, 5.41) is 7.88. The Labute approximate surface area is 140 Å². The van der Waals surface area contributed by atoms with Gasteiger partial charge in [0.05, 0.1) is 11.6 Å². The van der Waals surface area contributed by atoms with Gasteiger partial charge in [-0.3, -0.25) is 0 Å². The molecule has 0 spiro atoms. The van der Waals surface area contributed by atoms with E-state index in [0.29, 0.717) is 12.6 Å². The highest BCUT2D eigenvalue weighted by molar-refractivity contribution is 7.12. The number of rotatable bonds is 6. The SMILES string of the molecule is CCNC(=NCc1cnc(C)s1)NC(C)Cc1ccc(C)s1. The first kappa shape index (κ1) is 17.0. The standard InChI is InChI=1S/C16H24N4S2/c1-5-17-16(19-10-15-9-18-13(4)22-15)20-11(2)8-14-7-6-12(3)21-14/h6-7,9,11H,5,8,10H2,1-4H3,(H2,17,19,20). The van der Waals surface area contributed by atoms with Crippen LogP contribution in [0.3, 0.4) is 0 Å². The molecule has 22 heavy (non-hydrogen) atoms. The Morgan fingerprint density at radius 2 is 2.09 bits per heavy atom. The summed E-state index contributed by atoms with van der Waals surface area (Å²) in [6.07, 6.45) is 2.92. The molecule has 0 radical (unpaired) electrons. The third kappa shape index (κ3) is 5.42. The smallest absolute Gasteiger partial charge is 0.191 e. The van der Waals surface area contributed by atoms with Crippen molar-refractivity contribution in [3.8, 4) is 0 Å². The van der Waals surface area contributed by atoms with Crippen molar-refractivity contribution in [1.82, 2.24) is 15.6 Å². The fourth-order valence-electron chi connectivity index (χ4n) is 2.14. The number of nitrogens with one attached hydrogen (secondary N) is 2. The first-order valence-electron chi connectivity index (χ1n) is 7.58. The number of hydrogen-bond acceptors (Lipinski definition) is 4. The van der Waals surface area contributed by atoms with Gasteiger partial charge in [-0.2, -0.15) is 0 Å². The molecular weight excluding hydrogens is 312 g/mol. The third-order valence-corrected chi connectivity index (χ3v) is 5.01. The molecule has 0 aliphatic carbocycles. The lowest BCUT2D eigenvalue weighted by molar-refractivity contribution is 0.645. The topological polar surface area (TPSA) is 49.3 Å². The first-order chi connectivity index (χ1) is 10.6. The highest BCUT2D eigenvalue weighted by Crippen LogP contribution is 2.16. The molecule has 2 heterocycles. The van der Waals surface area contributed by atoms with Crippen LogP contribution in [0, 0.1) is 13.8 Å². The average Bonchev–Trinajstić information content (AvgIpc) is 3.05. The van der Waals surface area contributed by atoms with Gasteiger partial charge in [0, 0.05) is 39.8 Å². The molecule has 2 aromatic rings. The maximum absolute atomic E-state index is 4.65. The zero-order valence-corrected chi connectivity index (χ0v) is 15.3. The first-order valence-corrected chi connectivity index (χ1v) is 9.21. The van der Waals surface area contributed by atoms with Gasteiger partial charge >= 0.3 is 0 Å². The highest BCUT2D eigenvalue weighted by atomic mass is 32.1. The summed E-state index contributed by atoms with van der Waals surface area (Å²) >= 11 is 3.56. The molecule has 0 aliphatic heterocycles. The largest absolute Gasteiger partial charge is 0.357 e. The van der Waals surface area contributed by atoms with E-state index in [1.165, 1.54) is 14.6 Å². The number of guanidine groups is 1. The number of thiazole rings is 1. The van der Waals surface area contributed by atoms with E-state index in [2.05, 4.69) is 53.5 Å². The van der Waals surface area contributed by atoms with Gasteiger partial charge in [-0.05, 0) is 39.8 Å². The minimum absolute atomic E-state index is 0.346. The van der Waals surface area contributed by atoms with Crippen molar-refractivity contribution in [2.45, 2.75) is 46.7 Å². The van der Waals surface area contributed by atoms with Gasteiger partial charge in [-0.25, -0.2) is 9.98 Å². The van der Waals surface area contributed by atoms with Crippen molar-refractivity contribution in [3.05, 3.63) is 38.0 Å². The van der Waals surface area contributed by atoms with Crippen LogP contribution in [0.4, 0.5) is 0 Å². The van der Waals surface area contributed by atoms with Gasteiger partial charge in [-0.15, -0.1) is 22.7 Å². The van der Waals surface area contributed by atoms with E-state index in [4.69, 9.17) is 0 Å². The van der Waals surface area contributed by atoms with Gasteiger partial charge in [-0.1, -0.05) is 0 Å². The number of aryl methyl sites for hydroxylation is 2. The van der Waals surface area contributed by atoms with Gasteiger partial charge in [0.2, 0.25) is 0 Å². The van der Waals surface area contributed by atoms with E-state index in [-0.39, 0.29) is 0 Å². The van der Waals surface area contributed by atoms with E-state index >= 15 is 0 Å². The zero-order chi connectivity index (χ0) is 15.9. The van der Waals surface area contributed by atoms with Crippen molar-refractivity contribution in [1.29, 1.82) is 0 Å². The summed E-state index contributed by atoms with van der Waals surface area (Å²) in [5.74, 6) is 0.870. The minimum Gasteiger partial charge on any atom is -0.357 e. The van der Waals surface area contributed by atoms with E-state index in [9.17, 15) is 0 Å². The van der Waals surface area contributed by atoms with Crippen molar-refractivity contribution >= 4 is 28.6 Å². The van der Waals surface area contributed by atoms with Crippen molar-refractivity contribution in [3.63, 3.8) is 0 Å². The number of aromatic nitrogens is 1. The van der Waals surface area contributed by atoms with E-state index < -0.39 is 0 Å². The molecule has 2 rings (SSSR count). The number of nitrogens with zero attached hydrogens (tertiary/aromatic N) is 2. The predicted molar refractivity (Wildman–Crippen MR) is 97.0 cm³/mol. The summed E-state index contributed by atoms with van der Waals surface area (Å²) < 4.78 is 0. The molecule has 1 atom stereocenters. The van der Waals surface area contributed by atoms with Crippen LogP contribution in [-0.4, -0.2) is 23.5 Å². The lowest BCUT2D eigenvalue weighted by Gasteiger charge is -2.17. The van der Waals surface area contributed by atoms with Gasteiger partial charge in [0.25, 0.3) is 0 Å². The van der Waals surface area contributed by atoms with Gasteiger partial charge in [0.15, 0.2) is 5.96 Å². The summed E-state index contributed by atoms with van der Waals surface area (Å²) in [6.45, 7) is 9.98. The summed E-state index contributed by atoms with van der Waals surface area (Å²) in [5.41, 5.74) is 0. The fourth-order valence-corrected chi connectivity index (χ4v) is 3.87. The molecule has 0 saturated heterocycles. The second-order valence-electron chi connectivity index (χ2n) is 5.30. The Hall–Kier alpha value is -1.40. The molecule has 0 bridgehead atoms. The lowest BCUT2D eigenvalue weighted by atomic mass is 10.2. The summed E-state index contributed by atoms with van der Waals surface area (Å²) in [6, 6.07) is 4.74. The molecule has 0 aromatic carbocycles. The Kier molecular flexibility index (Phi) is 6.39. The maximum Gasteiger partial charge on any atom is 0.191 e.